The number of aromatic nitrogens is 3. The lowest BCUT2D eigenvalue weighted by Crippen LogP contribution is -2.27. The third kappa shape index (κ3) is 6.37. The number of carbonyl (C=O) groups is 1. The van der Waals surface area contributed by atoms with Crippen LogP contribution < -0.4 is 16.0 Å². The molecular weight excluding hydrogens is 481 g/mol. The molecule has 0 saturated carbocycles. The fraction of sp³-hybridized carbons (Fsp3) is 0.370. The molecule has 1 aliphatic heterocycles. The maximum Gasteiger partial charge on any atom is 0.417 e. The van der Waals surface area contributed by atoms with Gasteiger partial charge in [-0.1, -0.05) is 31.7 Å². The summed E-state index contributed by atoms with van der Waals surface area (Å²) in [4.78, 5) is 16.5. The van der Waals surface area contributed by atoms with Crippen LogP contribution in [0.1, 0.15) is 41.5 Å². The Morgan fingerprint density at radius 1 is 1.27 bits per heavy atom. The highest BCUT2D eigenvalue weighted by Gasteiger charge is 2.35. The molecule has 1 aromatic carbocycles. The van der Waals surface area contributed by atoms with Crippen LogP contribution in [-0.2, 0) is 7.05 Å². The van der Waals surface area contributed by atoms with E-state index < -0.39 is 11.7 Å². The van der Waals surface area contributed by atoms with Crippen LogP contribution >= 0.6 is 0 Å². The molecular formula is C27H31F3N6O. The molecule has 10 heteroatoms. The summed E-state index contributed by atoms with van der Waals surface area (Å²) in [5, 5.41) is 14.7. The number of alkyl halides is 3. The van der Waals surface area contributed by atoms with Crippen molar-refractivity contribution in [2.24, 2.45) is 13.0 Å². The summed E-state index contributed by atoms with van der Waals surface area (Å²) in [6.45, 7) is 7.49. The zero-order valence-electron chi connectivity index (χ0n) is 20.9. The van der Waals surface area contributed by atoms with Crippen molar-refractivity contribution in [3.63, 3.8) is 0 Å². The number of nitrogens with zero attached hydrogens (tertiary/aromatic N) is 3. The SMILES string of the molecule is C=C(c1nc(/C=C/CNC(=O)c2cnn(C)c2)cc2c(NC3CCNCCC3C)cccc12)C(F)(F)F. The maximum absolute atomic E-state index is 13.7. The van der Waals surface area contributed by atoms with Gasteiger partial charge < -0.3 is 16.0 Å². The highest BCUT2D eigenvalue weighted by Crippen LogP contribution is 2.37. The molecule has 0 radical (unpaired) electrons. The largest absolute Gasteiger partial charge is 0.417 e. The maximum atomic E-state index is 13.7. The Bertz CT molecular complexity index is 1310. The van der Waals surface area contributed by atoms with Crippen molar-refractivity contribution in [1.29, 1.82) is 0 Å². The van der Waals surface area contributed by atoms with Crippen LogP contribution in [0, 0.1) is 5.92 Å². The lowest BCUT2D eigenvalue weighted by atomic mass is 9.95. The second kappa shape index (κ2) is 11.2. The lowest BCUT2D eigenvalue weighted by molar-refractivity contribution is -0.0688. The van der Waals surface area contributed by atoms with E-state index in [1.54, 1.807) is 43.6 Å². The van der Waals surface area contributed by atoms with Crippen molar-refractivity contribution in [3.8, 4) is 0 Å². The van der Waals surface area contributed by atoms with E-state index in [9.17, 15) is 18.0 Å². The first-order chi connectivity index (χ1) is 17.6. The van der Waals surface area contributed by atoms with E-state index in [0.29, 0.717) is 27.9 Å². The molecule has 0 spiro atoms. The van der Waals surface area contributed by atoms with Gasteiger partial charge in [-0.3, -0.25) is 9.48 Å². The minimum atomic E-state index is -4.62. The second-order valence-electron chi connectivity index (χ2n) is 9.34. The molecule has 1 fully saturated rings. The molecule has 1 amide bonds. The molecule has 1 saturated heterocycles. The van der Waals surface area contributed by atoms with Crippen molar-refractivity contribution in [2.45, 2.75) is 32.0 Å². The molecule has 4 rings (SSSR count). The fourth-order valence-electron chi connectivity index (χ4n) is 4.46. The number of carbonyl (C=O) groups excluding carboxylic acids is 1. The predicted octanol–water partition coefficient (Wildman–Crippen LogP) is 4.79. The van der Waals surface area contributed by atoms with Gasteiger partial charge in [0.25, 0.3) is 5.91 Å². The summed E-state index contributed by atoms with van der Waals surface area (Å²) in [7, 11) is 1.71. The third-order valence-corrected chi connectivity index (χ3v) is 6.59. The number of aryl methyl sites for hydroxylation is 1. The van der Waals surface area contributed by atoms with E-state index in [0.717, 1.165) is 31.6 Å². The van der Waals surface area contributed by atoms with Crippen LogP contribution in [0.5, 0.6) is 0 Å². The zero-order valence-corrected chi connectivity index (χ0v) is 20.9. The number of amides is 1. The number of hydrogen-bond donors (Lipinski definition) is 3. The highest BCUT2D eigenvalue weighted by molar-refractivity contribution is 6.01. The molecule has 2 atom stereocenters. The number of anilines is 1. The van der Waals surface area contributed by atoms with E-state index in [1.165, 1.54) is 10.9 Å². The molecule has 0 aliphatic carbocycles. The number of allylic oxidation sites excluding steroid dienone is 1. The van der Waals surface area contributed by atoms with Crippen molar-refractivity contribution in [3.05, 3.63) is 66.3 Å². The van der Waals surface area contributed by atoms with Crippen LogP contribution in [0.25, 0.3) is 22.4 Å². The summed E-state index contributed by atoms with van der Waals surface area (Å²) in [6, 6.07) is 7.21. The van der Waals surface area contributed by atoms with Crippen molar-refractivity contribution in [1.82, 2.24) is 25.4 Å². The van der Waals surface area contributed by atoms with E-state index in [-0.39, 0.29) is 24.2 Å². The van der Waals surface area contributed by atoms with Crippen molar-refractivity contribution < 1.29 is 18.0 Å². The van der Waals surface area contributed by atoms with E-state index in [2.05, 4.69) is 39.5 Å². The molecule has 0 bridgehead atoms. The molecule has 2 unspecified atom stereocenters. The van der Waals surface area contributed by atoms with Crippen LogP contribution in [-0.4, -0.2) is 52.5 Å². The average molecular weight is 513 g/mol. The number of pyridine rings is 1. The predicted molar refractivity (Wildman–Crippen MR) is 140 cm³/mol. The quantitative estimate of drug-likeness (QED) is 0.424. The van der Waals surface area contributed by atoms with Gasteiger partial charge in [0, 0.05) is 42.3 Å². The minimum Gasteiger partial charge on any atom is -0.381 e. The molecule has 1 aliphatic rings. The van der Waals surface area contributed by atoms with Gasteiger partial charge in [0.15, 0.2) is 0 Å². The average Bonchev–Trinajstić information content (AvgIpc) is 3.20. The number of fused-ring (bicyclic) bond motifs is 1. The van der Waals surface area contributed by atoms with Gasteiger partial charge in [0.2, 0.25) is 0 Å². The Labute approximate surface area is 213 Å². The summed E-state index contributed by atoms with van der Waals surface area (Å²) >= 11 is 0. The Balaban J connectivity index is 1.64. The second-order valence-corrected chi connectivity index (χ2v) is 9.34. The van der Waals surface area contributed by atoms with Gasteiger partial charge in [0.05, 0.1) is 28.7 Å². The number of hydrogen-bond acceptors (Lipinski definition) is 5. The number of rotatable bonds is 7. The fourth-order valence-corrected chi connectivity index (χ4v) is 4.46. The summed E-state index contributed by atoms with van der Waals surface area (Å²) in [6.07, 6.45) is 3.61. The number of halogens is 3. The topological polar surface area (TPSA) is 83.9 Å². The molecule has 3 aromatic rings. The zero-order chi connectivity index (χ0) is 26.6. The molecule has 3 N–H and O–H groups in total. The number of nitrogens with one attached hydrogen (secondary N) is 3. The van der Waals surface area contributed by atoms with Crippen LogP contribution in [0.4, 0.5) is 18.9 Å². The summed E-state index contributed by atoms with van der Waals surface area (Å²) in [5.41, 5.74) is 0.315. The molecule has 2 aromatic heterocycles. The smallest absolute Gasteiger partial charge is 0.381 e. The van der Waals surface area contributed by atoms with Crippen LogP contribution in [0.3, 0.4) is 0 Å². The van der Waals surface area contributed by atoms with Gasteiger partial charge >= 0.3 is 6.18 Å². The van der Waals surface area contributed by atoms with Crippen LogP contribution in [0.15, 0.2) is 49.3 Å². The molecule has 3 heterocycles. The standard InChI is InChI=1S/C27H31F3N6O/c1-17-9-12-31-13-10-23(17)35-24-8-4-7-21-22(24)14-20(34-25(21)18(2)27(28,29)30)6-5-11-32-26(37)19-15-33-36(3)16-19/h4-8,14-17,23,31,35H,2,9-13H2,1,3H3,(H,32,37)/b6-5+. The van der Waals surface area contributed by atoms with Gasteiger partial charge in [-0.25, -0.2) is 4.98 Å². The Kier molecular flexibility index (Phi) is 7.97. The summed E-state index contributed by atoms with van der Waals surface area (Å²) < 4.78 is 42.6. The highest BCUT2D eigenvalue weighted by atomic mass is 19.4. The third-order valence-electron chi connectivity index (χ3n) is 6.59. The summed E-state index contributed by atoms with van der Waals surface area (Å²) in [5.74, 6) is 0.105. The van der Waals surface area contributed by atoms with Crippen LogP contribution in [0.2, 0.25) is 0 Å². The Morgan fingerprint density at radius 2 is 2.05 bits per heavy atom. The first-order valence-corrected chi connectivity index (χ1v) is 12.2. The lowest BCUT2D eigenvalue weighted by Gasteiger charge is -2.25. The molecule has 7 nitrogen and oxygen atoms in total. The minimum absolute atomic E-state index is 0.176. The first kappa shape index (κ1) is 26.4. The first-order valence-electron chi connectivity index (χ1n) is 12.2. The van der Waals surface area contributed by atoms with Gasteiger partial charge in [-0.05, 0) is 50.1 Å². The van der Waals surface area contributed by atoms with Gasteiger partial charge in [-0.2, -0.15) is 18.3 Å². The van der Waals surface area contributed by atoms with Gasteiger partial charge in [0.1, 0.15) is 0 Å². The van der Waals surface area contributed by atoms with E-state index >= 15 is 0 Å². The van der Waals surface area contributed by atoms with Crippen molar-refractivity contribution in [2.75, 3.05) is 25.0 Å². The molecule has 196 valence electrons. The van der Waals surface area contributed by atoms with Crippen molar-refractivity contribution >= 4 is 34.0 Å². The molecule has 37 heavy (non-hydrogen) atoms. The monoisotopic (exact) mass is 512 g/mol. The number of benzene rings is 1. The van der Waals surface area contributed by atoms with Gasteiger partial charge in [-0.15, -0.1) is 0 Å². The Morgan fingerprint density at radius 3 is 2.78 bits per heavy atom. The van der Waals surface area contributed by atoms with E-state index in [4.69, 9.17) is 0 Å². The normalized spacial score (nSPS) is 18.6. The Hall–Kier alpha value is -3.66. The van der Waals surface area contributed by atoms with E-state index in [1.807, 2.05) is 6.07 Å².